The molecule has 4 heteroatoms. The molecule has 0 atom stereocenters. The van der Waals surface area contributed by atoms with Gasteiger partial charge in [0, 0.05) is 0 Å². The first-order chi connectivity index (χ1) is 8.58. The maximum Gasteiger partial charge on any atom is 0.208 e. The fraction of sp³-hybridized carbons (Fsp3) is 0.0714. The summed E-state index contributed by atoms with van der Waals surface area (Å²) in [5.74, 6) is -0.285. The highest BCUT2D eigenvalue weighted by atomic mass is 16.3. The van der Waals surface area contributed by atoms with Crippen LogP contribution in [0.3, 0.4) is 0 Å². The van der Waals surface area contributed by atoms with Crippen molar-refractivity contribution < 1.29 is 14.6 Å². The van der Waals surface area contributed by atoms with Crippen molar-refractivity contribution >= 4 is 21.9 Å². The summed E-state index contributed by atoms with van der Waals surface area (Å²) in [6.45, 7) is 1.80. The third-order valence-electron chi connectivity index (χ3n) is 2.90. The van der Waals surface area contributed by atoms with Gasteiger partial charge in [-0.1, -0.05) is 6.07 Å². The van der Waals surface area contributed by atoms with Gasteiger partial charge in [-0.25, -0.2) is 0 Å². The van der Waals surface area contributed by atoms with Gasteiger partial charge in [0.2, 0.25) is 5.43 Å². The molecule has 0 saturated heterocycles. The summed E-state index contributed by atoms with van der Waals surface area (Å²) in [4.78, 5) is 12.3. The molecule has 0 unspecified atom stereocenters. The highest BCUT2D eigenvalue weighted by molar-refractivity contribution is 5.95. The van der Waals surface area contributed by atoms with Gasteiger partial charge in [-0.3, -0.25) is 4.79 Å². The van der Waals surface area contributed by atoms with E-state index in [-0.39, 0.29) is 22.3 Å². The van der Waals surface area contributed by atoms with Gasteiger partial charge in [0.15, 0.2) is 0 Å². The van der Waals surface area contributed by atoms with Gasteiger partial charge in [0.25, 0.3) is 0 Å². The number of benzene rings is 2. The molecule has 1 aromatic heterocycles. The molecule has 0 aliphatic heterocycles. The number of aryl methyl sites for hydroxylation is 1. The minimum Gasteiger partial charge on any atom is -0.507 e. The summed E-state index contributed by atoms with van der Waals surface area (Å²) in [7, 11) is 0. The highest BCUT2D eigenvalue weighted by Crippen LogP contribution is 2.29. The minimum atomic E-state index is -0.429. The Labute approximate surface area is 102 Å². The van der Waals surface area contributed by atoms with E-state index >= 15 is 0 Å². The summed E-state index contributed by atoms with van der Waals surface area (Å²) in [6.07, 6.45) is 0. The molecule has 4 nitrogen and oxygen atoms in total. The Morgan fingerprint density at radius 1 is 1.00 bits per heavy atom. The predicted octanol–water partition coefficient (Wildman–Crippen LogP) is 2.67. The van der Waals surface area contributed by atoms with E-state index in [9.17, 15) is 15.0 Å². The van der Waals surface area contributed by atoms with Gasteiger partial charge in [-0.2, -0.15) is 0 Å². The van der Waals surface area contributed by atoms with Gasteiger partial charge >= 0.3 is 0 Å². The zero-order valence-corrected chi connectivity index (χ0v) is 9.60. The maximum atomic E-state index is 12.3. The van der Waals surface area contributed by atoms with Crippen LogP contribution in [-0.2, 0) is 0 Å². The van der Waals surface area contributed by atoms with Gasteiger partial charge < -0.3 is 14.6 Å². The molecule has 0 aliphatic rings. The summed E-state index contributed by atoms with van der Waals surface area (Å²) in [6, 6.07) is 7.79. The fourth-order valence-electron chi connectivity index (χ4n) is 2.12. The van der Waals surface area contributed by atoms with Crippen LogP contribution in [0.1, 0.15) is 5.56 Å². The number of aromatic hydroxyl groups is 2. The van der Waals surface area contributed by atoms with Gasteiger partial charge in [-0.15, -0.1) is 0 Å². The number of fused-ring (bicyclic) bond motifs is 2. The molecular weight excluding hydrogens is 232 g/mol. The Balaban J connectivity index is 2.66. The summed E-state index contributed by atoms with van der Waals surface area (Å²) >= 11 is 0. The lowest BCUT2D eigenvalue weighted by molar-refractivity contribution is 0.477. The lowest BCUT2D eigenvalue weighted by atomic mass is 10.1. The molecule has 0 amide bonds. The molecule has 2 aromatic carbocycles. The zero-order valence-electron chi connectivity index (χ0n) is 9.60. The molecule has 0 saturated carbocycles. The topological polar surface area (TPSA) is 70.7 Å². The van der Waals surface area contributed by atoms with Gasteiger partial charge in [0.05, 0.1) is 0 Å². The van der Waals surface area contributed by atoms with Crippen molar-refractivity contribution in [1.82, 2.24) is 0 Å². The molecule has 1 heterocycles. The summed E-state index contributed by atoms with van der Waals surface area (Å²) in [5.41, 5.74) is 0.984. The molecule has 90 valence electrons. The van der Waals surface area contributed by atoms with Crippen LogP contribution in [-0.4, -0.2) is 10.2 Å². The quantitative estimate of drug-likeness (QED) is 0.594. The van der Waals surface area contributed by atoms with E-state index in [1.165, 1.54) is 12.1 Å². The Bertz CT molecular complexity index is 830. The SMILES string of the molecule is Cc1cc(O)c2c(=O)c3c(O)cccc3oc2c1. The number of phenolic OH excluding ortho intramolecular Hbond substituents is 2. The van der Waals surface area contributed by atoms with Crippen molar-refractivity contribution in [2.75, 3.05) is 0 Å². The first kappa shape index (κ1) is 10.7. The second-order valence-electron chi connectivity index (χ2n) is 4.24. The lowest BCUT2D eigenvalue weighted by Crippen LogP contribution is -2.02. The molecule has 0 fully saturated rings. The zero-order chi connectivity index (χ0) is 12.9. The second kappa shape index (κ2) is 3.50. The number of rotatable bonds is 0. The molecule has 0 spiro atoms. The minimum absolute atomic E-state index is 0.0872. The Kier molecular flexibility index (Phi) is 2.07. The van der Waals surface area contributed by atoms with Gasteiger partial charge in [0.1, 0.15) is 33.4 Å². The van der Waals surface area contributed by atoms with E-state index < -0.39 is 5.43 Å². The van der Waals surface area contributed by atoms with E-state index in [1.54, 1.807) is 25.1 Å². The molecule has 0 radical (unpaired) electrons. The molecule has 3 aromatic rings. The number of phenols is 2. The van der Waals surface area contributed by atoms with Crippen molar-refractivity contribution in [2.45, 2.75) is 6.92 Å². The number of hydrogen-bond donors (Lipinski definition) is 2. The molecule has 2 N–H and O–H groups in total. The third kappa shape index (κ3) is 1.35. The van der Waals surface area contributed by atoms with E-state index in [2.05, 4.69) is 0 Å². The van der Waals surface area contributed by atoms with Crippen molar-refractivity contribution in [3.63, 3.8) is 0 Å². The smallest absolute Gasteiger partial charge is 0.208 e. The normalized spacial score (nSPS) is 11.2. The highest BCUT2D eigenvalue weighted by Gasteiger charge is 2.14. The van der Waals surface area contributed by atoms with E-state index in [4.69, 9.17) is 4.42 Å². The van der Waals surface area contributed by atoms with Crippen LogP contribution >= 0.6 is 0 Å². The standard InChI is InChI=1S/C14H10O4/c1-7-5-9(16)13-11(6-7)18-10-4-2-3-8(15)12(10)14(13)17/h2-6,15-16H,1H3. The Hall–Kier alpha value is -2.49. The van der Waals surface area contributed by atoms with Crippen LogP contribution in [0.5, 0.6) is 11.5 Å². The van der Waals surface area contributed by atoms with E-state index in [0.717, 1.165) is 5.56 Å². The predicted molar refractivity (Wildman–Crippen MR) is 68.1 cm³/mol. The Morgan fingerprint density at radius 3 is 2.50 bits per heavy atom. The van der Waals surface area contributed by atoms with Crippen molar-refractivity contribution in [3.8, 4) is 11.5 Å². The van der Waals surface area contributed by atoms with Crippen molar-refractivity contribution in [2.24, 2.45) is 0 Å². The summed E-state index contributed by atoms with van der Waals surface area (Å²) < 4.78 is 5.55. The average molecular weight is 242 g/mol. The van der Waals surface area contributed by atoms with E-state index in [0.29, 0.717) is 11.2 Å². The molecule has 18 heavy (non-hydrogen) atoms. The van der Waals surface area contributed by atoms with Crippen molar-refractivity contribution in [1.29, 1.82) is 0 Å². The first-order valence-electron chi connectivity index (χ1n) is 5.46. The largest absolute Gasteiger partial charge is 0.507 e. The van der Waals surface area contributed by atoms with Crippen LogP contribution in [0.4, 0.5) is 0 Å². The fourth-order valence-corrected chi connectivity index (χ4v) is 2.12. The van der Waals surface area contributed by atoms with Crippen LogP contribution in [0.15, 0.2) is 39.5 Å². The van der Waals surface area contributed by atoms with Crippen LogP contribution in [0.25, 0.3) is 21.9 Å². The first-order valence-corrected chi connectivity index (χ1v) is 5.46. The lowest BCUT2D eigenvalue weighted by Gasteiger charge is -2.05. The molecule has 0 bridgehead atoms. The number of hydrogen-bond acceptors (Lipinski definition) is 4. The van der Waals surface area contributed by atoms with Crippen LogP contribution in [0, 0.1) is 6.92 Å². The molecule has 0 aliphatic carbocycles. The molecule has 3 rings (SSSR count). The maximum absolute atomic E-state index is 12.3. The Morgan fingerprint density at radius 2 is 1.72 bits per heavy atom. The van der Waals surface area contributed by atoms with Crippen LogP contribution < -0.4 is 5.43 Å². The van der Waals surface area contributed by atoms with Crippen molar-refractivity contribution in [3.05, 3.63) is 46.1 Å². The van der Waals surface area contributed by atoms with E-state index in [1.807, 2.05) is 0 Å². The summed E-state index contributed by atoms with van der Waals surface area (Å²) in [5, 5.41) is 19.7. The molecular formula is C14H10O4. The van der Waals surface area contributed by atoms with Crippen LogP contribution in [0.2, 0.25) is 0 Å². The third-order valence-corrected chi connectivity index (χ3v) is 2.90. The second-order valence-corrected chi connectivity index (χ2v) is 4.24. The monoisotopic (exact) mass is 242 g/mol. The van der Waals surface area contributed by atoms with Gasteiger partial charge in [-0.05, 0) is 36.8 Å². The average Bonchev–Trinajstić information content (AvgIpc) is 2.27.